The lowest BCUT2D eigenvalue weighted by molar-refractivity contribution is -0.142. The monoisotopic (exact) mass is 360 g/mol. The highest BCUT2D eigenvalue weighted by Gasteiger charge is 2.42. The van der Waals surface area contributed by atoms with Crippen LogP contribution in [0, 0.1) is 5.92 Å². The molecule has 1 aromatic rings. The first-order valence-electron chi connectivity index (χ1n) is 9.86. The highest BCUT2D eigenvalue weighted by molar-refractivity contribution is 5.85. The number of hydrogen-bond donors (Lipinski definition) is 1. The molecule has 0 radical (unpaired) electrons. The third kappa shape index (κ3) is 4.83. The van der Waals surface area contributed by atoms with Gasteiger partial charge in [0.1, 0.15) is 0 Å². The first-order valence-corrected chi connectivity index (χ1v) is 9.86. The van der Waals surface area contributed by atoms with Crippen molar-refractivity contribution in [3.05, 3.63) is 35.9 Å². The second-order valence-corrected chi connectivity index (χ2v) is 7.70. The van der Waals surface area contributed by atoms with Gasteiger partial charge in [-0.3, -0.25) is 9.59 Å². The van der Waals surface area contributed by atoms with Crippen LogP contribution in [0.5, 0.6) is 0 Å². The van der Waals surface area contributed by atoms with Crippen molar-refractivity contribution in [3.8, 4) is 0 Å². The van der Waals surface area contributed by atoms with Crippen LogP contribution in [-0.2, 0) is 16.1 Å². The van der Waals surface area contributed by atoms with Crippen molar-refractivity contribution in [2.24, 2.45) is 5.92 Å². The van der Waals surface area contributed by atoms with E-state index in [9.17, 15) is 14.0 Å². The Labute approximate surface area is 155 Å². The maximum absolute atomic E-state index is 15.0. The average Bonchev–Trinajstić information content (AvgIpc) is 3.19. The average molecular weight is 360 g/mol. The number of piperidine rings is 1. The Hall–Kier alpha value is -1.91. The lowest BCUT2D eigenvalue weighted by Gasteiger charge is -2.35. The summed E-state index contributed by atoms with van der Waals surface area (Å²) in [4.78, 5) is 26.4. The summed E-state index contributed by atoms with van der Waals surface area (Å²) in [5.74, 6) is 0.246. The van der Waals surface area contributed by atoms with Gasteiger partial charge < -0.3 is 10.2 Å². The Balaban J connectivity index is 1.42. The molecule has 1 aliphatic heterocycles. The van der Waals surface area contributed by atoms with E-state index >= 15 is 0 Å². The van der Waals surface area contributed by atoms with Crippen LogP contribution in [0.25, 0.3) is 0 Å². The zero-order chi connectivity index (χ0) is 18.4. The summed E-state index contributed by atoms with van der Waals surface area (Å²) in [7, 11) is 0. The molecule has 3 rings (SSSR count). The molecular formula is C21H29FN2O2. The topological polar surface area (TPSA) is 49.4 Å². The summed E-state index contributed by atoms with van der Waals surface area (Å²) in [6.07, 6.45) is 6.73. The number of hydrogen-bond acceptors (Lipinski definition) is 2. The van der Waals surface area contributed by atoms with Gasteiger partial charge >= 0.3 is 0 Å². The molecule has 1 saturated heterocycles. The largest absolute Gasteiger partial charge is 0.349 e. The zero-order valence-electron chi connectivity index (χ0n) is 15.4. The number of nitrogens with one attached hydrogen (secondary N) is 1. The van der Waals surface area contributed by atoms with Crippen LogP contribution in [0.1, 0.15) is 56.9 Å². The number of halogens is 1. The lowest BCUT2D eigenvalue weighted by atomic mass is 9.91. The fourth-order valence-electron chi connectivity index (χ4n) is 4.06. The number of carbonyl (C=O) groups excluding carboxylic acids is 2. The molecule has 2 amide bonds. The third-order valence-electron chi connectivity index (χ3n) is 5.85. The summed E-state index contributed by atoms with van der Waals surface area (Å²) in [6, 6.07) is 9.49. The van der Waals surface area contributed by atoms with Crippen molar-refractivity contribution in [2.75, 3.05) is 13.1 Å². The maximum atomic E-state index is 15.0. The van der Waals surface area contributed by atoms with E-state index in [0.717, 1.165) is 12.0 Å². The molecule has 1 aromatic carbocycles. The Bertz CT molecular complexity index is 606. The molecule has 0 unspecified atom stereocenters. The van der Waals surface area contributed by atoms with Gasteiger partial charge in [-0.15, -0.1) is 0 Å². The Kier molecular flexibility index (Phi) is 6.28. The molecule has 0 aromatic heterocycles. The molecule has 2 fully saturated rings. The molecule has 1 saturated carbocycles. The minimum absolute atomic E-state index is 0.0861. The summed E-state index contributed by atoms with van der Waals surface area (Å²) in [5.41, 5.74) is -0.916. The van der Waals surface area contributed by atoms with Crippen molar-refractivity contribution in [3.63, 3.8) is 0 Å². The van der Waals surface area contributed by atoms with Crippen LogP contribution >= 0.6 is 0 Å². The number of nitrogens with zero attached hydrogens (tertiary/aromatic N) is 1. The van der Waals surface area contributed by atoms with Crippen molar-refractivity contribution in [2.45, 2.75) is 63.6 Å². The van der Waals surface area contributed by atoms with Gasteiger partial charge in [0, 0.05) is 38.9 Å². The highest BCUT2D eigenvalue weighted by Crippen LogP contribution is 2.30. The van der Waals surface area contributed by atoms with Gasteiger partial charge in [0.05, 0.1) is 0 Å². The number of alkyl halides is 1. The highest BCUT2D eigenvalue weighted by atomic mass is 19.1. The van der Waals surface area contributed by atoms with E-state index in [4.69, 9.17) is 0 Å². The van der Waals surface area contributed by atoms with E-state index in [-0.39, 0.29) is 18.7 Å². The second kappa shape index (κ2) is 8.65. The molecule has 4 nitrogen and oxygen atoms in total. The molecule has 1 heterocycles. The second-order valence-electron chi connectivity index (χ2n) is 7.70. The molecule has 142 valence electrons. The van der Waals surface area contributed by atoms with Crippen LogP contribution in [-0.4, -0.2) is 35.5 Å². The minimum Gasteiger partial charge on any atom is -0.349 e. The summed E-state index contributed by atoms with van der Waals surface area (Å²) >= 11 is 0. The SMILES string of the molecule is O=C(CCC1CCCC1)N1CCC(F)(C(=O)NCc2ccccc2)CC1. The van der Waals surface area contributed by atoms with Gasteiger partial charge in [0.2, 0.25) is 5.91 Å². The molecule has 0 bridgehead atoms. The Morgan fingerprint density at radius 2 is 1.77 bits per heavy atom. The van der Waals surface area contributed by atoms with E-state index in [1.807, 2.05) is 30.3 Å². The van der Waals surface area contributed by atoms with Crippen molar-refractivity contribution in [1.82, 2.24) is 10.2 Å². The summed E-state index contributed by atoms with van der Waals surface area (Å²) < 4.78 is 15.0. The molecule has 0 atom stereocenters. The van der Waals surface area contributed by atoms with E-state index in [1.54, 1.807) is 4.90 Å². The standard InChI is InChI=1S/C21H29FN2O2/c22-21(20(26)23-16-18-8-2-1-3-9-18)12-14-24(15-13-21)19(25)11-10-17-6-4-5-7-17/h1-3,8-9,17H,4-7,10-16H2,(H,23,26). The van der Waals surface area contributed by atoms with Crippen molar-refractivity contribution >= 4 is 11.8 Å². The Morgan fingerprint density at radius 3 is 2.42 bits per heavy atom. The van der Waals surface area contributed by atoms with E-state index in [2.05, 4.69) is 5.32 Å². The third-order valence-corrected chi connectivity index (χ3v) is 5.85. The van der Waals surface area contributed by atoms with Crippen molar-refractivity contribution < 1.29 is 14.0 Å². The van der Waals surface area contributed by atoms with Crippen LogP contribution in [0.4, 0.5) is 4.39 Å². The molecule has 2 aliphatic rings. The summed E-state index contributed by atoms with van der Waals surface area (Å²) in [6.45, 7) is 0.993. The van der Waals surface area contributed by atoms with Crippen molar-refractivity contribution in [1.29, 1.82) is 0 Å². The predicted octanol–water partition coefficient (Wildman–Crippen LogP) is 3.60. The lowest BCUT2D eigenvalue weighted by Crippen LogP contribution is -2.52. The molecule has 0 spiro atoms. The van der Waals surface area contributed by atoms with Gasteiger partial charge in [0.25, 0.3) is 5.91 Å². The normalized spacial score (nSPS) is 20.1. The van der Waals surface area contributed by atoms with Gasteiger partial charge in [-0.05, 0) is 17.9 Å². The molecule has 1 N–H and O–H groups in total. The fraction of sp³-hybridized carbons (Fsp3) is 0.619. The van der Waals surface area contributed by atoms with E-state index in [0.29, 0.717) is 32.0 Å². The molecule has 1 aliphatic carbocycles. The van der Waals surface area contributed by atoms with Crippen LogP contribution < -0.4 is 5.32 Å². The first kappa shape index (κ1) is 18.9. The minimum atomic E-state index is -1.86. The number of rotatable bonds is 6. The van der Waals surface area contributed by atoms with Crippen LogP contribution in [0.3, 0.4) is 0 Å². The number of benzene rings is 1. The van der Waals surface area contributed by atoms with E-state index in [1.165, 1.54) is 25.7 Å². The fourth-order valence-corrected chi connectivity index (χ4v) is 4.06. The maximum Gasteiger partial charge on any atom is 0.258 e. The summed E-state index contributed by atoms with van der Waals surface area (Å²) in [5, 5.41) is 2.70. The van der Waals surface area contributed by atoms with Gasteiger partial charge in [-0.25, -0.2) is 4.39 Å². The van der Waals surface area contributed by atoms with Crippen LogP contribution in [0.2, 0.25) is 0 Å². The first-order chi connectivity index (χ1) is 12.6. The zero-order valence-corrected chi connectivity index (χ0v) is 15.4. The smallest absolute Gasteiger partial charge is 0.258 e. The molecular weight excluding hydrogens is 331 g/mol. The van der Waals surface area contributed by atoms with Gasteiger partial charge in [-0.1, -0.05) is 56.0 Å². The molecule has 5 heteroatoms. The van der Waals surface area contributed by atoms with Gasteiger partial charge in [0.15, 0.2) is 5.67 Å². The number of carbonyl (C=O) groups is 2. The predicted molar refractivity (Wildman–Crippen MR) is 99.1 cm³/mol. The number of likely N-dealkylation sites (tertiary alicyclic amines) is 1. The van der Waals surface area contributed by atoms with Gasteiger partial charge in [-0.2, -0.15) is 0 Å². The van der Waals surface area contributed by atoms with E-state index < -0.39 is 11.6 Å². The van der Waals surface area contributed by atoms with Crippen LogP contribution in [0.15, 0.2) is 30.3 Å². The number of amides is 2. The Morgan fingerprint density at radius 1 is 1.12 bits per heavy atom. The molecule has 26 heavy (non-hydrogen) atoms. The quantitative estimate of drug-likeness (QED) is 0.843.